The molecule has 1 aromatic heterocycles. The van der Waals surface area contributed by atoms with Crippen molar-refractivity contribution in [1.29, 1.82) is 5.26 Å². The number of hydrogen-bond donors (Lipinski definition) is 0. The van der Waals surface area contributed by atoms with Crippen molar-refractivity contribution in [2.45, 2.75) is 6.42 Å². The van der Waals surface area contributed by atoms with E-state index in [1.807, 2.05) is 0 Å². The fraction of sp³-hybridized carbons (Fsp3) is 0.125. The first-order valence-electron chi connectivity index (χ1n) is 3.24. The van der Waals surface area contributed by atoms with Crippen LogP contribution in [0.4, 0.5) is 4.39 Å². The van der Waals surface area contributed by atoms with Gasteiger partial charge in [0.25, 0.3) is 0 Å². The first-order valence-corrected chi connectivity index (χ1v) is 3.24. The molecule has 0 aliphatic rings. The van der Waals surface area contributed by atoms with Crippen molar-refractivity contribution < 1.29 is 9.18 Å². The first-order chi connectivity index (χ1) is 5.74. The Morgan fingerprint density at radius 2 is 2.42 bits per heavy atom. The van der Waals surface area contributed by atoms with Crippen molar-refractivity contribution in [2.75, 3.05) is 0 Å². The molecular formula is C8H5FN2O. The zero-order valence-corrected chi connectivity index (χ0v) is 6.12. The summed E-state index contributed by atoms with van der Waals surface area (Å²) >= 11 is 0. The van der Waals surface area contributed by atoms with E-state index in [1.165, 1.54) is 6.20 Å². The third kappa shape index (κ3) is 1.86. The van der Waals surface area contributed by atoms with Crippen LogP contribution in [0.2, 0.25) is 0 Å². The van der Waals surface area contributed by atoms with Gasteiger partial charge in [-0.3, -0.25) is 9.78 Å². The van der Waals surface area contributed by atoms with Crippen LogP contribution in [-0.2, 0) is 0 Å². The van der Waals surface area contributed by atoms with E-state index in [9.17, 15) is 9.18 Å². The summed E-state index contributed by atoms with van der Waals surface area (Å²) in [6.07, 6.45) is 2.00. The highest BCUT2D eigenvalue weighted by atomic mass is 19.1. The number of Topliss-reactive ketones (excluding diaryl/α,β-unsaturated/α-hetero) is 1. The Bertz CT molecular complexity index is 343. The zero-order chi connectivity index (χ0) is 8.97. The highest BCUT2D eigenvalue weighted by Gasteiger charge is 2.05. The molecule has 0 aliphatic heterocycles. The van der Waals surface area contributed by atoms with Crippen molar-refractivity contribution in [3.8, 4) is 6.07 Å². The Hall–Kier alpha value is -1.76. The third-order valence-corrected chi connectivity index (χ3v) is 1.27. The molecule has 0 aliphatic carbocycles. The molecule has 4 heteroatoms. The average molecular weight is 164 g/mol. The standard InChI is InChI=1S/C8H5FN2O/c9-7-3-6(4-11-5-7)8(12)1-2-10/h3-5H,1H2. The third-order valence-electron chi connectivity index (χ3n) is 1.27. The number of halogens is 1. The fourth-order valence-electron chi connectivity index (χ4n) is 0.738. The van der Waals surface area contributed by atoms with Crippen LogP contribution in [-0.4, -0.2) is 10.8 Å². The number of carbonyl (C=O) groups excluding carboxylic acids is 1. The molecule has 0 saturated carbocycles. The van der Waals surface area contributed by atoms with Gasteiger partial charge in [0, 0.05) is 11.8 Å². The van der Waals surface area contributed by atoms with Gasteiger partial charge < -0.3 is 0 Å². The predicted octanol–water partition coefficient (Wildman–Crippen LogP) is 1.32. The average Bonchev–Trinajstić information content (AvgIpc) is 2.05. The van der Waals surface area contributed by atoms with Crippen LogP contribution >= 0.6 is 0 Å². The number of pyridine rings is 1. The van der Waals surface area contributed by atoms with Crippen LogP contribution in [0.1, 0.15) is 16.8 Å². The van der Waals surface area contributed by atoms with Crippen molar-refractivity contribution in [3.05, 3.63) is 29.8 Å². The van der Waals surface area contributed by atoms with Crippen LogP contribution < -0.4 is 0 Å². The molecule has 60 valence electrons. The summed E-state index contributed by atoms with van der Waals surface area (Å²) in [6, 6.07) is 2.75. The quantitative estimate of drug-likeness (QED) is 0.619. The molecular weight excluding hydrogens is 159 g/mol. The molecule has 0 bridgehead atoms. The number of aromatic nitrogens is 1. The van der Waals surface area contributed by atoms with Gasteiger partial charge in [-0.1, -0.05) is 0 Å². The number of nitriles is 1. The van der Waals surface area contributed by atoms with Crippen LogP contribution in [0.15, 0.2) is 18.5 Å². The summed E-state index contributed by atoms with van der Waals surface area (Å²) in [5.74, 6) is -0.983. The normalized spacial score (nSPS) is 9.00. The minimum absolute atomic E-state index is 0.136. The molecule has 0 N–H and O–H groups in total. The molecule has 1 rings (SSSR count). The SMILES string of the molecule is N#CCC(=O)c1cncc(F)c1. The van der Waals surface area contributed by atoms with Gasteiger partial charge in [0.2, 0.25) is 0 Å². The highest BCUT2D eigenvalue weighted by molar-refractivity contribution is 5.96. The molecule has 0 aromatic carbocycles. The minimum Gasteiger partial charge on any atom is -0.293 e. The van der Waals surface area contributed by atoms with Gasteiger partial charge in [0.1, 0.15) is 5.82 Å². The van der Waals surface area contributed by atoms with Gasteiger partial charge in [0.15, 0.2) is 5.78 Å². The second-order valence-electron chi connectivity index (χ2n) is 2.15. The van der Waals surface area contributed by atoms with Crippen LogP contribution in [0.3, 0.4) is 0 Å². The van der Waals surface area contributed by atoms with Crippen molar-refractivity contribution in [2.24, 2.45) is 0 Å². The lowest BCUT2D eigenvalue weighted by molar-refractivity contribution is 0.0997. The fourth-order valence-corrected chi connectivity index (χ4v) is 0.738. The Labute approximate surface area is 68.5 Å². The summed E-state index contributed by atoms with van der Waals surface area (Å²) in [5.41, 5.74) is 0.136. The molecule has 1 heterocycles. The summed E-state index contributed by atoms with van der Waals surface area (Å²) in [7, 11) is 0. The number of nitrogens with zero attached hydrogens (tertiary/aromatic N) is 2. The van der Waals surface area contributed by atoms with Crippen LogP contribution in [0.25, 0.3) is 0 Å². The lowest BCUT2D eigenvalue weighted by atomic mass is 10.1. The summed E-state index contributed by atoms with van der Waals surface area (Å²) in [4.78, 5) is 14.5. The van der Waals surface area contributed by atoms with Gasteiger partial charge >= 0.3 is 0 Å². The maximum atomic E-state index is 12.5. The van der Waals surface area contributed by atoms with E-state index in [1.54, 1.807) is 6.07 Å². The monoisotopic (exact) mass is 164 g/mol. The Morgan fingerprint density at radius 3 is 3.00 bits per heavy atom. The molecule has 0 amide bonds. The van der Waals surface area contributed by atoms with E-state index in [-0.39, 0.29) is 12.0 Å². The Morgan fingerprint density at radius 1 is 1.67 bits per heavy atom. The van der Waals surface area contributed by atoms with Crippen molar-refractivity contribution in [1.82, 2.24) is 4.98 Å². The molecule has 3 nitrogen and oxygen atoms in total. The van der Waals surface area contributed by atoms with Gasteiger partial charge in [-0.15, -0.1) is 0 Å². The van der Waals surface area contributed by atoms with Gasteiger partial charge in [0.05, 0.1) is 18.7 Å². The lowest BCUT2D eigenvalue weighted by Gasteiger charge is -1.93. The number of hydrogen-bond acceptors (Lipinski definition) is 3. The van der Waals surface area contributed by atoms with Gasteiger partial charge in [-0.05, 0) is 6.07 Å². The second-order valence-corrected chi connectivity index (χ2v) is 2.15. The number of carbonyl (C=O) groups is 1. The predicted molar refractivity (Wildman–Crippen MR) is 38.8 cm³/mol. The van der Waals surface area contributed by atoms with E-state index in [0.29, 0.717) is 0 Å². The summed E-state index contributed by atoms with van der Waals surface area (Å²) in [6.45, 7) is 0. The smallest absolute Gasteiger partial charge is 0.178 e. The molecule has 0 saturated heterocycles. The lowest BCUT2D eigenvalue weighted by Crippen LogP contribution is -1.98. The molecule has 12 heavy (non-hydrogen) atoms. The summed E-state index contributed by atoms with van der Waals surface area (Å²) < 4.78 is 12.5. The van der Waals surface area contributed by atoms with E-state index < -0.39 is 11.6 Å². The van der Waals surface area contributed by atoms with Crippen LogP contribution in [0.5, 0.6) is 0 Å². The highest BCUT2D eigenvalue weighted by Crippen LogP contribution is 2.03. The van der Waals surface area contributed by atoms with E-state index in [2.05, 4.69) is 4.98 Å². The van der Waals surface area contributed by atoms with Crippen molar-refractivity contribution >= 4 is 5.78 Å². The van der Waals surface area contributed by atoms with E-state index >= 15 is 0 Å². The molecule has 0 radical (unpaired) electrons. The zero-order valence-electron chi connectivity index (χ0n) is 6.12. The number of ketones is 1. The Balaban J connectivity index is 2.90. The minimum atomic E-state index is -0.571. The second kappa shape index (κ2) is 3.58. The van der Waals surface area contributed by atoms with E-state index in [4.69, 9.17) is 5.26 Å². The van der Waals surface area contributed by atoms with E-state index in [0.717, 1.165) is 12.3 Å². The van der Waals surface area contributed by atoms with Crippen molar-refractivity contribution in [3.63, 3.8) is 0 Å². The maximum Gasteiger partial charge on any atom is 0.178 e. The maximum absolute atomic E-state index is 12.5. The van der Waals surface area contributed by atoms with Crippen LogP contribution in [0, 0.1) is 17.1 Å². The topological polar surface area (TPSA) is 53.8 Å². The van der Waals surface area contributed by atoms with Gasteiger partial charge in [-0.2, -0.15) is 5.26 Å². The molecule has 0 fully saturated rings. The Kier molecular flexibility index (Phi) is 2.49. The molecule has 1 aromatic rings. The summed E-state index contributed by atoms with van der Waals surface area (Å²) in [5, 5.41) is 8.18. The van der Waals surface area contributed by atoms with Gasteiger partial charge in [-0.25, -0.2) is 4.39 Å². The largest absolute Gasteiger partial charge is 0.293 e. The molecule has 0 atom stereocenters. The molecule has 0 spiro atoms. The number of rotatable bonds is 2. The molecule has 0 unspecified atom stereocenters. The first kappa shape index (κ1) is 8.34.